The Bertz CT molecular complexity index is 1730. The smallest absolute Gasteiger partial charge is 0.307 e. The van der Waals surface area contributed by atoms with Gasteiger partial charge in [-0.3, -0.25) is 4.79 Å². The molecule has 4 rings (SSSR count). The zero-order valence-electron chi connectivity index (χ0n) is 25.2. The van der Waals surface area contributed by atoms with Gasteiger partial charge in [-0.25, -0.2) is 17.9 Å². The first-order valence-electron chi connectivity index (χ1n) is 14.1. The number of esters is 1. The molecule has 0 spiro atoms. The van der Waals surface area contributed by atoms with Crippen molar-refractivity contribution in [3.8, 4) is 34.7 Å². The summed E-state index contributed by atoms with van der Waals surface area (Å²) in [7, 11) is -3.01. The average molecular weight is 604 g/mol. The van der Waals surface area contributed by atoms with Crippen LogP contribution < -0.4 is 9.47 Å². The van der Waals surface area contributed by atoms with Gasteiger partial charge in [-0.1, -0.05) is 24.1 Å². The van der Waals surface area contributed by atoms with Gasteiger partial charge in [0.1, 0.15) is 27.9 Å². The third-order valence-electron chi connectivity index (χ3n) is 6.73. The molecule has 0 saturated carbocycles. The van der Waals surface area contributed by atoms with Crippen LogP contribution in [0.3, 0.4) is 0 Å². The molecule has 0 radical (unpaired) electrons. The third kappa shape index (κ3) is 8.82. The predicted octanol–water partition coefficient (Wildman–Crippen LogP) is 5.47. The highest BCUT2D eigenvalue weighted by Crippen LogP contribution is 2.30. The fraction of sp³-hybridized carbons (Fsp3) is 0.364. The Morgan fingerprint density at radius 1 is 1.02 bits per heavy atom. The Kier molecular flexibility index (Phi) is 10.4. The molecular formula is C33H37N3O6S. The number of fused-ring (bicyclic) bond motifs is 1. The highest BCUT2D eigenvalue weighted by molar-refractivity contribution is 7.90. The van der Waals surface area contributed by atoms with E-state index >= 15 is 0 Å². The van der Waals surface area contributed by atoms with Crippen LogP contribution in [0.1, 0.15) is 54.9 Å². The first-order valence-corrected chi connectivity index (χ1v) is 16.2. The molecule has 0 aliphatic heterocycles. The number of aromatic nitrogens is 3. The van der Waals surface area contributed by atoms with Crippen molar-refractivity contribution in [2.75, 3.05) is 25.2 Å². The molecule has 226 valence electrons. The Hall–Kier alpha value is -4.36. The molecule has 2 heterocycles. The number of pyridine rings is 1. The van der Waals surface area contributed by atoms with Gasteiger partial charge in [0.05, 0.1) is 31.3 Å². The van der Waals surface area contributed by atoms with Crippen molar-refractivity contribution >= 4 is 21.5 Å². The SMILES string of the molecule is CC#C[C@@H](CC(=O)OCC)c1ccc(OCc2ccc3nc(-c4c(C)cc(OCCCS(C)(=O)=O)cc4C)nn3c2)cc1. The first kappa shape index (κ1) is 31.6. The summed E-state index contributed by atoms with van der Waals surface area (Å²) in [5, 5.41) is 4.73. The maximum absolute atomic E-state index is 12.0. The van der Waals surface area contributed by atoms with Crippen LogP contribution in [-0.2, 0) is 26.0 Å². The lowest BCUT2D eigenvalue weighted by atomic mass is 9.96. The number of aryl methyl sites for hydroxylation is 2. The van der Waals surface area contributed by atoms with E-state index in [9.17, 15) is 13.2 Å². The van der Waals surface area contributed by atoms with Crippen molar-refractivity contribution in [3.05, 3.63) is 77.0 Å². The maximum atomic E-state index is 12.0. The maximum Gasteiger partial charge on any atom is 0.307 e. The van der Waals surface area contributed by atoms with Crippen LogP contribution in [-0.4, -0.2) is 54.2 Å². The predicted molar refractivity (Wildman–Crippen MR) is 166 cm³/mol. The first-order chi connectivity index (χ1) is 20.6. The van der Waals surface area contributed by atoms with Crippen molar-refractivity contribution in [1.82, 2.24) is 14.6 Å². The van der Waals surface area contributed by atoms with E-state index in [1.54, 1.807) is 18.4 Å². The molecule has 0 bridgehead atoms. The topological polar surface area (TPSA) is 109 Å². The van der Waals surface area contributed by atoms with Gasteiger partial charge in [-0.2, -0.15) is 0 Å². The highest BCUT2D eigenvalue weighted by Gasteiger charge is 2.16. The summed E-state index contributed by atoms with van der Waals surface area (Å²) in [5.41, 5.74) is 5.44. The second-order valence-corrected chi connectivity index (χ2v) is 12.6. The number of hydrogen-bond donors (Lipinski definition) is 0. The number of rotatable bonds is 13. The lowest BCUT2D eigenvalue weighted by Gasteiger charge is -2.12. The fourth-order valence-electron chi connectivity index (χ4n) is 4.76. The summed E-state index contributed by atoms with van der Waals surface area (Å²) in [6.07, 6.45) is 3.77. The molecule has 0 N–H and O–H groups in total. The van der Waals surface area contributed by atoms with Gasteiger partial charge in [0, 0.05) is 23.6 Å². The molecule has 0 aliphatic carbocycles. The number of benzene rings is 2. The summed E-state index contributed by atoms with van der Waals surface area (Å²) in [5.74, 6) is 7.59. The van der Waals surface area contributed by atoms with Crippen LogP contribution in [0.15, 0.2) is 54.7 Å². The molecule has 4 aromatic rings. The number of sulfone groups is 1. The van der Waals surface area contributed by atoms with E-state index in [0.29, 0.717) is 49.2 Å². The monoisotopic (exact) mass is 603 g/mol. The second kappa shape index (κ2) is 14.2. The van der Waals surface area contributed by atoms with Gasteiger partial charge in [-0.05, 0) is 81.1 Å². The molecule has 0 fully saturated rings. The molecule has 0 saturated heterocycles. The minimum Gasteiger partial charge on any atom is -0.494 e. The van der Waals surface area contributed by atoms with E-state index in [1.807, 2.05) is 68.6 Å². The van der Waals surface area contributed by atoms with Gasteiger partial charge in [0.25, 0.3) is 0 Å². The van der Waals surface area contributed by atoms with Gasteiger partial charge in [0.2, 0.25) is 0 Å². The summed E-state index contributed by atoms with van der Waals surface area (Å²) < 4.78 is 41.3. The molecule has 9 nitrogen and oxygen atoms in total. The quantitative estimate of drug-likeness (QED) is 0.113. The average Bonchev–Trinajstić information content (AvgIpc) is 3.36. The zero-order chi connectivity index (χ0) is 31.0. The van der Waals surface area contributed by atoms with Gasteiger partial charge >= 0.3 is 5.97 Å². The Morgan fingerprint density at radius 2 is 1.74 bits per heavy atom. The van der Waals surface area contributed by atoms with Gasteiger partial charge in [0.15, 0.2) is 11.5 Å². The molecule has 2 aromatic heterocycles. The molecule has 0 amide bonds. The normalized spacial score (nSPS) is 11.9. The van der Waals surface area contributed by atoms with E-state index in [0.717, 1.165) is 27.8 Å². The van der Waals surface area contributed by atoms with Crippen LogP contribution in [0.2, 0.25) is 0 Å². The lowest BCUT2D eigenvalue weighted by Crippen LogP contribution is -2.09. The van der Waals surface area contributed by atoms with Crippen molar-refractivity contribution in [3.63, 3.8) is 0 Å². The number of carbonyl (C=O) groups is 1. The van der Waals surface area contributed by atoms with Gasteiger partial charge < -0.3 is 14.2 Å². The second-order valence-electron chi connectivity index (χ2n) is 10.4. The molecule has 0 aliphatic rings. The van der Waals surface area contributed by atoms with Crippen LogP contribution in [0, 0.1) is 25.7 Å². The Balaban J connectivity index is 1.41. The zero-order valence-corrected chi connectivity index (χ0v) is 26.0. The Labute approximate surface area is 253 Å². The summed E-state index contributed by atoms with van der Waals surface area (Å²) in [6.45, 7) is 8.53. The number of hydrogen-bond acceptors (Lipinski definition) is 8. The lowest BCUT2D eigenvalue weighted by molar-refractivity contribution is -0.143. The number of carbonyl (C=O) groups excluding carboxylic acids is 1. The van der Waals surface area contributed by atoms with Crippen LogP contribution in [0.5, 0.6) is 11.5 Å². The number of ether oxygens (including phenoxy) is 3. The van der Waals surface area contributed by atoms with E-state index in [2.05, 4.69) is 11.8 Å². The molecule has 43 heavy (non-hydrogen) atoms. The summed E-state index contributed by atoms with van der Waals surface area (Å²) in [6, 6.07) is 15.3. The van der Waals surface area contributed by atoms with Crippen molar-refractivity contribution in [2.45, 2.75) is 53.1 Å². The van der Waals surface area contributed by atoms with E-state index in [-0.39, 0.29) is 24.1 Å². The van der Waals surface area contributed by atoms with Crippen LogP contribution in [0.4, 0.5) is 0 Å². The van der Waals surface area contributed by atoms with Crippen molar-refractivity contribution in [1.29, 1.82) is 0 Å². The molecule has 2 aromatic carbocycles. The van der Waals surface area contributed by atoms with Crippen LogP contribution >= 0.6 is 0 Å². The molecule has 0 unspecified atom stereocenters. The van der Waals surface area contributed by atoms with Crippen LogP contribution in [0.25, 0.3) is 17.0 Å². The number of nitrogens with zero attached hydrogens (tertiary/aromatic N) is 3. The third-order valence-corrected chi connectivity index (χ3v) is 7.76. The van der Waals surface area contributed by atoms with Crippen molar-refractivity contribution in [2.24, 2.45) is 0 Å². The molecule has 1 atom stereocenters. The summed E-state index contributed by atoms with van der Waals surface area (Å²) >= 11 is 0. The van der Waals surface area contributed by atoms with E-state index in [1.165, 1.54) is 6.26 Å². The molecular weight excluding hydrogens is 566 g/mol. The molecule has 10 heteroatoms. The van der Waals surface area contributed by atoms with E-state index in [4.69, 9.17) is 24.3 Å². The Morgan fingerprint density at radius 3 is 2.40 bits per heavy atom. The minimum atomic E-state index is -3.01. The van der Waals surface area contributed by atoms with Crippen molar-refractivity contribution < 1.29 is 27.4 Å². The largest absolute Gasteiger partial charge is 0.494 e. The minimum absolute atomic E-state index is 0.0984. The standard InChI is InChI=1S/C33H37N3O6S/c1-6-9-27(20-31(37)40-7-2)26-11-13-28(14-12-26)42-22-25-10-15-30-34-33(35-36(30)21-25)32-23(3)18-29(19-24(32)4)41-16-8-17-43(5,38)39/h10-15,18-19,21,27H,7-8,16-17,20,22H2,1-5H3/t27-/m0/s1. The van der Waals surface area contributed by atoms with E-state index < -0.39 is 9.84 Å². The van der Waals surface area contributed by atoms with Gasteiger partial charge in [-0.15, -0.1) is 11.0 Å². The fourth-order valence-corrected chi connectivity index (χ4v) is 5.41. The highest BCUT2D eigenvalue weighted by atomic mass is 32.2. The summed E-state index contributed by atoms with van der Waals surface area (Å²) in [4.78, 5) is 16.7.